The van der Waals surface area contributed by atoms with Gasteiger partial charge in [-0.1, -0.05) is 24.9 Å². The number of aliphatic carboxylic acids is 1. The summed E-state index contributed by atoms with van der Waals surface area (Å²) in [5, 5.41) is 17.0. The molecule has 2 rings (SSSR count). The summed E-state index contributed by atoms with van der Waals surface area (Å²) in [5.74, 6) is -3.75. The van der Waals surface area contributed by atoms with Crippen LogP contribution in [0.1, 0.15) is 37.0 Å². The number of hydrogen-bond acceptors (Lipinski definition) is 6. The Morgan fingerprint density at radius 3 is 2.19 bits per heavy atom. The van der Waals surface area contributed by atoms with E-state index in [-0.39, 0.29) is 26.9 Å². The average Bonchev–Trinajstić information content (AvgIpc) is 2.79. The van der Waals surface area contributed by atoms with Crippen molar-refractivity contribution < 1.29 is 46.1 Å². The Morgan fingerprint density at radius 2 is 1.72 bits per heavy atom. The van der Waals surface area contributed by atoms with E-state index in [1.165, 1.54) is 31.4 Å². The second kappa shape index (κ2) is 13.2. The number of unbranched alkanes of at least 4 members (excludes halogenated alkanes) is 1. The van der Waals surface area contributed by atoms with Crippen molar-refractivity contribution in [1.82, 2.24) is 0 Å². The van der Waals surface area contributed by atoms with Crippen molar-refractivity contribution in [2.75, 3.05) is 29.8 Å². The molecule has 3 N–H and O–H groups in total. The Labute approximate surface area is 211 Å². The number of nitrogens with zero attached hydrogens (tertiary/aromatic N) is 1. The molecule has 0 amide bonds. The van der Waals surface area contributed by atoms with Gasteiger partial charge in [0.2, 0.25) is 0 Å². The Morgan fingerprint density at radius 1 is 1.11 bits per heavy atom. The molecule has 0 atom stereocenters. The fourth-order valence-electron chi connectivity index (χ4n) is 2.92. The number of nitrogens with one attached hydrogen (secondary N) is 1. The number of hydrogen-bond donors (Lipinski definition) is 3. The quantitative estimate of drug-likeness (QED) is 0.369. The topological polar surface area (TPSA) is 133 Å². The summed E-state index contributed by atoms with van der Waals surface area (Å²) in [7, 11) is -2.68. The van der Waals surface area contributed by atoms with E-state index < -0.39 is 28.1 Å². The van der Waals surface area contributed by atoms with Crippen molar-refractivity contribution in [3.8, 4) is 5.75 Å². The smallest absolute Gasteiger partial charge is 0.490 e. The van der Waals surface area contributed by atoms with E-state index in [2.05, 4.69) is 11.6 Å². The van der Waals surface area contributed by atoms with E-state index in [1.807, 2.05) is 11.8 Å². The number of methoxy groups -OCH3 is 1. The molecule has 0 fully saturated rings. The molecule has 200 valence electrons. The minimum Gasteiger partial charge on any atom is -0.495 e. The van der Waals surface area contributed by atoms with Crippen molar-refractivity contribution >= 4 is 44.9 Å². The van der Waals surface area contributed by atoms with Gasteiger partial charge in [0.25, 0.3) is 10.0 Å². The molecule has 0 aromatic heterocycles. The second-order valence-corrected chi connectivity index (χ2v) is 9.26. The second-order valence-electron chi connectivity index (χ2n) is 7.17. The lowest BCUT2D eigenvalue weighted by Crippen LogP contribution is -2.26. The fourth-order valence-corrected chi connectivity index (χ4v) is 4.40. The van der Waals surface area contributed by atoms with Crippen LogP contribution < -0.4 is 14.4 Å². The molecule has 2 aromatic rings. The third kappa shape index (κ3) is 8.79. The van der Waals surface area contributed by atoms with E-state index in [4.69, 9.17) is 26.2 Å². The van der Waals surface area contributed by atoms with Gasteiger partial charge in [-0.25, -0.2) is 18.0 Å². The van der Waals surface area contributed by atoms with Gasteiger partial charge in [0.15, 0.2) is 0 Å². The molecule has 0 aliphatic heterocycles. The van der Waals surface area contributed by atoms with Crippen molar-refractivity contribution in [2.45, 2.75) is 37.8 Å². The number of carboxylic acid groups (broad SMARTS) is 2. The standard InChI is InChI=1S/C20H25ClN2O5S.C2HF3O2/c1-4-6-11-23(5-2)17-9-8-15(13-16(17)20(24)25)22-29(26,27)19-12-14(21)7-10-18(19)28-3;3-2(4,5)1(6)7/h7-10,12-13,22H,4-6,11H2,1-3H3,(H,24,25);(H,6,7). The Bertz CT molecular complexity index is 1170. The molecule has 0 aliphatic carbocycles. The first-order valence-corrected chi connectivity index (χ1v) is 12.3. The third-order valence-electron chi connectivity index (χ3n) is 4.64. The van der Waals surface area contributed by atoms with Gasteiger partial charge in [-0.2, -0.15) is 13.2 Å². The summed E-state index contributed by atoms with van der Waals surface area (Å²) in [6, 6.07) is 8.74. The zero-order valence-corrected chi connectivity index (χ0v) is 21.2. The monoisotopic (exact) mass is 554 g/mol. The van der Waals surface area contributed by atoms with Crippen LogP contribution in [0.5, 0.6) is 5.75 Å². The molecule has 2 aromatic carbocycles. The number of ether oxygens (including phenoxy) is 1. The SMILES string of the molecule is CCCCN(CC)c1ccc(NS(=O)(=O)c2cc(Cl)ccc2OC)cc1C(=O)O.O=C(O)C(F)(F)F. The molecule has 36 heavy (non-hydrogen) atoms. The minimum absolute atomic E-state index is 0.0289. The van der Waals surface area contributed by atoms with Crippen molar-refractivity contribution in [3.05, 3.63) is 47.0 Å². The van der Waals surface area contributed by atoms with Gasteiger partial charge in [0.05, 0.1) is 18.4 Å². The van der Waals surface area contributed by atoms with Gasteiger partial charge in [0, 0.05) is 23.8 Å². The number of carbonyl (C=O) groups is 2. The molecule has 0 aliphatic rings. The summed E-state index contributed by atoms with van der Waals surface area (Å²) in [5.41, 5.74) is 0.720. The number of aromatic carboxylic acids is 1. The molecular weight excluding hydrogens is 529 g/mol. The van der Waals surface area contributed by atoms with E-state index in [9.17, 15) is 31.5 Å². The van der Waals surface area contributed by atoms with Crippen molar-refractivity contribution in [2.24, 2.45) is 0 Å². The number of rotatable bonds is 10. The number of halogens is 4. The van der Waals surface area contributed by atoms with Crippen LogP contribution in [-0.2, 0) is 14.8 Å². The zero-order valence-electron chi connectivity index (χ0n) is 19.6. The number of alkyl halides is 3. The van der Waals surface area contributed by atoms with E-state index in [0.29, 0.717) is 12.2 Å². The fraction of sp³-hybridized carbons (Fsp3) is 0.364. The molecule has 0 spiro atoms. The van der Waals surface area contributed by atoms with Gasteiger partial charge in [-0.15, -0.1) is 0 Å². The summed E-state index contributed by atoms with van der Waals surface area (Å²) in [4.78, 5) is 22.5. The summed E-state index contributed by atoms with van der Waals surface area (Å²) in [6.07, 6.45) is -3.17. The first kappa shape index (κ1) is 30.8. The molecule has 0 heterocycles. The first-order valence-electron chi connectivity index (χ1n) is 10.5. The molecule has 0 unspecified atom stereocenters. The van der Waals surface area contributed by atoms with E-state index in [0.717, 1.165) is 19.4 Å². The highest BCUT2D eigenvalue weighted by atomic mass is 35.5. The maximum atomic E-state index is 12.8. The van der Waals surface area contributed by atoms with E-state index in [1.54, 1.807) is 12.1 Å². The third-order valence-corrected chi connectivity index (χ3v) is 6.28. The van der Waals surface area contributed by atoms with Crippen molar-refractivity contribution in [3.63, 3.8) is 0 Å². The van der Waals surface area contributed by atoms with Crippen LogP contribution >= 0.6 is 11.6 Å². The average molecular weight is 555 g/mol. The van der Waals surface area contributed by atoms with Crippen LogP contribution in [0.4, 0.5) is 24.5 Å². The molecule has 0 saturated carbocycles. The highest BCUT2D eigenvalue weighted by molar-refractivity contribution is 7.92. The maximum absolute atomic E-state index is 12.8. The Hall–Kier alpha value is -3.19. The largest absolute Gasteiger partial charge is 0.495 e. The Balaban J connectivity index is 0.000000809. The van der Waals surface area contributed by atoms with Gasteiger partial charge < -0.3 is 19.8 Å². The van der Waals surface area contributed by atoms with Gasteiger partial charge >= 0.3 is 18.1 Å². The molecule has 14 heteroatoms. The van der Waals surface area contributed by atoms with Gasteiger partial charge in [0.1, 0.15) is 10.6 Å². The summed E-state index contributed by atoms with van der Waals surface area (Å²) < 4.78 is 64.9. The highest BCUT2D eigenvalue weighted by Gasteiger charge is 2.38. The lowest BCUT2D eigenvalue weighted by molar-refractivity contribution is -0.192. The zero-order chi connectivity index (χ0) is 27.7. The summed E-state index contributed by atoms with van der Waals surface area (Å²) in [6.45, 7) is 5.38. The first-order chi connectivity index (χ1) is 16.7. The number of anilines is 2. The predicted molar refractivity (Wildman–Crippen MR) is 129 cm³/mol. The number of carboxylic acids is 2. The predicted octanol–water partition coefficient (Wildman–Crippen LogP) is 5.11. The maximum Gasteiger partial charge on any atom is 0.490 e. The molecule has 0 saturated heterocycles. The highest BCUT2D eigenvalue weighted by Crippen LogP contribution is 2.30. The van der Waals surface area contributed by atoms with E-state index >= 15 is 0 Å². The molecular formula is C22H26ClF3N2O7S. The van der Waals surface area contributed by atoms with Crippen LogP contribution in [0.2, 0.25) is 5.02 Å². The molecule has 9 nitrogen and oxygen atoms in total. The Kier molecular flexibility index (Phi) is 11.3. The lowest BCUT2D eigenvalue weighted by atomic mass is 10.1. The lowest BCUT2D eigenvalue weighted by Gasteiger charge is -2.25. The van der Waals surface area contributed by atoms with Gasteiger partial charge in [-0.05, 0) is 49.7 Å². The van der Waals surface area contributed by atoms with Crippen LogP contribution in [0.3, 0.4) is 0 Å². The molecule has 0 bridgehead atoms. The van der Waals surface area contributed by atoms with Gasteiger partial charge in [-0.3, -0.25) is 4.72 Å². The van der Waals surface area contributed by atoms with Crippen molar-refractivity contribution in [1.29, 1.82) is 0 Å². The normalized spacial score (nSPS) is 11.2. The van der Waals surface area contributed by atoms with Crippen LogP contribution in [-0.4, -0.2) is 56.9 Å². The van der Waals surface area contributed by atoms with Crippen LogP contribution in [0, 0.1) is 0 Å². The van der Waals surface area contributed by atoms with Crippen LogP contribution in [0.25, 0.3) is 0 Å². The molecule has 0 radical (unpaired) electrons. The number of benzene rings is 2. The summed E-state index contributed by atoms with van der Waals surface area (Å²) >= 11 is 5.93. The number of sulfonamides is 1. The minimum atomic E-state index is -5.08. The van der Waals surface area contributed by atoms with Crippen LogP contribution in [0.15, 0.2) is 41.3 Å².